The molecule has 1 fully saturated rings. The average molecular weight is 384 g/mol. The van der Waals surface area contributed by atoms with E-state index in [1.54, 1.807) is 0 Å². The summed E-state index contributed by atoms with van der Waals surface area (Å²) in [6, 6.07) is 2.02. The van der Waals surface area contributed by atoms with E-state index in [0.29, 0.717) is 16.8 Å². The van der Waals surface area contributed by atoms with Gasteiger partial charge >= 0.3 is 0 Å². The number of nitrogens with two attached hydrogens (primary N) is 1. The zero-order valence-electron chi connectivity index (χ0n) is 15.7. The van der Waals surface area contributed by atoms with E-state index in [1.165, 1.54) is 0 Å². The third kappa shape index (κ3) is 2.87. The van der Waals surface area contributed by atoms with Gasteiger partial charge in [-0.3, -0.25) is 4.79 Å². The molecule has 28 heavy (non-hydrogen) atoms. The molecule has 0 radical (unpaired) electrons. The highest BCUT2D eigenvalue weighted by Crippen LogP contribution is 2.34. The molecule has 2 aromatic rings. The SMILES string of the molecule is NC1CCCCC1Nc1nc(-c2cc3n(c2)CCNC3)c2c(c1F)CNC2=O. The number of nitrogens with one attached hydrogen (secondary N) is 3. The number of hydrogen-bond acceptors (Lipinski definition) is 5. The smallest absolute Gasteiger partial charge is 0.254 e. The van der Waals surface area contributed by atoms with Crippen LogP contribution < -0.4 is 21.7 Å². The number of aromatic nitrogens is 2. The fraction of sp³-hybridized carbons (Fsp3) is 0.500. The van der Waals surface area contributed by atoms with Crippen molar-refractivity contribution in [1.29, 1.82) is 0 Å². The third-order valence-corrected chi connectivity index (χ3v) is 6.12. The van der Waals surface area contributed by atoms with Crippen LogP contribution in [0.2, 0.25) is 0 Å². The molecule has 5 N–H and O–H groups in total. The molecule has 0 aromatic carbocycles. The Morgan fingerprint density at radius 1 is 1.29 bits per heavy atom. The van der Waals surface area contributed by atoms with E-state index in [4.69, 9.17) is 5.73 Å². The van der Waals surface area contributed by atoms with E-state index in [0.717, 1.165) is 56.6 Å². The maximum absolute atomic E-state index is 15.2. The highest BCUT2D eigenvalue weighted by Gasteiger charge is 2.32. The molecule has 1 aliphatic carbocycles. The lowest BCUT2D eigenvalue weighted by molar-refractivity contribution is 0.0966. The van der Waals surface area contributed by atoms with Gasteiger partial charge in [0.25, 0.3) is 5.91 Å². The predicted molar refractivity (Wildman–Crippen MR) is 104 cm³/mol. The van der Waals surface area contributed by atoms with Crippen molar-refractivity contribution in [3.05, 3.63) is 34.9 Å². The summed E-state index contributed by atoms with van der Waals surface area (Å²) in [7, 11) is 0. The molecule has 5 rings (SSSR count). The van der Waals surface area contributed by atoms with E-state index >= 15 is 4.39 Å². The zero-order chi connectivity index (χ0) is 19.3. The molecular weight excluding hydrogens is 359 g/mol. The van der Waals surface area contributed by atoms with Crippen molar-refractivity contribution in [2.24, 2.45) is 5.73 Å². The Morgan fingerprint density at radius 3 is 2.96 bits per heavy atom. The van der Waals surface area contributed by atoms with Crippen LogP contribution in [-0.2, 0) is 19.6 Å². The van der Waals surface area contributed by atoms with Gasteiger partial charge < -0.3 is 26.3 Å². The number of carbonyl (C=O) groups excluding carboxylic acids is 1. The minimum Gasteiger partial charge on any atom is -0.363 e. The summed E-state index contributed by atoms with van der Waals surface area (Å²) >= 11 is 0. The van der Waals surface area contributed by atoms with Crippen LogP contribution in [0.15, 0.2) is 12.3 Å². The fourth-order valence-electron chi connectivity index (χ4n) is 4.56. The first-order valence-electron chi connectivity index (χ1n) is 10.0. The molecule has 148 valence electrons. The number of anilines is 1. The predicted octanol–water partition coefficient (Wildman–Crippen LogP) is 1.72. The number of carbonyl (C=O) groups is 1. The normalized spacial score (nSPS) is 23.9. The van der Waals surface area contributed by atoms with Gasteiger partial charge in [0.15, 0.2) is 11.6 Å². The summed E-state index contributed by atoms with van der Waals surface area (Å²) < 4.78 is 17.3. The van der Waals surface area contributed by atoms with Gasteiger partial charge in [0.1, 0.15) is 0 Å². The molecular formula is C20H25FN6O. The second-order valence-corrected chi connectivity index (χ2v) is 7.95. The number of halogens is 1. The molecule has 2 aliphatic heterocycles. The lowest BCUT2D eigenvalue weighted by Crippen LogP contribution is -2.43. The Bertz CT molecular complexity index is 916. The lowest BCUT2D eigenvalue weighted by atomic mass is 9.91. The van der Waals surface area contributed by atoms with Crippen LogP contribution in [0.5, 0.6) is 0 Å². The molecule has 7 nitrogen and oxygen atoms in total. The maximum Gasteiger partial charge on any atom is 0.254 e. The van der Waals surface area contributed by atoms with Crippen LogP contribution in [0.3, 0.4) is 0 Å². The largest absolute Gasteiger partial charge is 0.363 e. The second-order valence-electron chi connectivity index (χ2n) is 7.95. The summed E-state index contributed by atoms with van der Waals surface area (Å²) in [5.74, 6) is -0.505. The monoisotopic (exact) mass is 384 g/mol. The van der Waals surface area contributed by atoms with Gasteiger partial charge in [-0.1, -0.05) is 12.8 Å². The first kappa shape index (κ1) is 17.6. The molecule has 4 heterocycles. The highest BCUT2D eigenvalue weighted by molar-refractivity contribution is 6.04. The van der Waals surface area contributed by atoms with Crippen molar-refractivity contribution in [3.63, 3.8) is 0 Å². The zero-order valence-corrected chi connectivity index (χ0v) is 15.7. The standard InChI is InChI=1S/C20H25FN6O/c21-17-13-9-24-20(28)16(13)18(11-7-12-8-23-5-6-27(12)10-11)26-19(17)25-15-4-2-1-3-14(15)22/h7,10,14-15,23H,1-6,8-9,22H2,(H,24,28)(H,25,26). The summed E-state index contributed by atoms with van der Waals surface area (Å²) in [4.78, 5) is 17.0. The number of amides is 1. The minimum absolute atomic E-state index is 0.00171. The van der Waals surface area contributed by atoms with E-state index in [2.05, 4.69) is 25.5 Å². The highest BCUT2D eigenvalue weighted by atomic mass is 19.1. The topological polar surface area (TPSA) is 97.0 Å². The lowest BCUT2D eigenvalue weighted by Gasteiger charge is -2.30. The van der Waals surface area contributed by atoms with Gasteiger partial charge in [0.2, 0.25) is 0 Å². The van der Waals surface area contributed by atoms with Gasteiger partial charge in [0.05, 0.1) is 11.3 Å². The number of pyridine rings is 1. The molecule has 1 amide bonds. The summed E-state index contributed by atoms with van der Waals surface area (Å²) in [6.07, 6.45) is 6.02. The molecule has 0 spiro atoms. The minimum atomic E-state index is -0.444. The Hall–Kier alpha value is -2.45. The first-order chi connectivity index (χ1) is 13.6. The molecule has 2 aromatic heterocycles. The Morgan fingerprint density at radius 2 is 2.14 bits per heavy atom. The summed E-state index contributed by atoms with van der Waals surface area (Å²) in [6.45, 7) is 2.74. The van der Waals surface area contributed by atoms with Crippen molar-refractivity contribution in [2.75, 3.05) is 11.9 Å². The number of fused-ring (bicyclic) bond motifs is 2. The van der Waals surface area contributed by atoms with Crippen LogP contribution in [-0.4, -0.2) is 34.1 Å². The van der Waals surface area contributed by atoms with Crippen LogP contribution in [0.25, 0.3) is 11.3 Å². The van der Waals surface area contributed by atoms with Gasteiger partial charge in [0, 0.05) is 61.3 Å². The van der Waals surface area contributed by atoms with Gasteiger partial charge in [-0.05, 0) is 18.9 Å². The molecule has 8 heteroatoms. The van der Waals surface area contributed by atoms with Crippen molar-refractivity contribution in [3.8, 4) is 11.3 Å². The third-order valence-electron chi connectivity index (χ3n) is 6.12. The first-order valence-corrected chi connectivity index (χ1v) is 10.0. The average Bonchev–Trinajstić information content (AvgIpc) is 3.30. The number of nitrogens with zero attached hydrogens (tertiary/aromatic N) is 2. The molecule has 3 aliphatic rings. The van der Waals surface area contributed by atoms with Crippen molar-refractivity contribution in [1.82, 2.24) is 20.2 Å². The summed E-state index contributed by atoms with van der Waals surface area (Å²) in [5.41, 5.74) is 9.52. The van der Waals surface area contributed by atoms with Crippen LogP contribution in [0.1, 0.15) is 47.3 Å². The van der Waals surface area contributed by atoms with E-state index in [-0.39, 0.29) is 30.4 Å². The Balaban J connectivity index is 1.59. The van der Waals surface area contributed by atoms with Gasteiger partial charge in [-0.25, -0.2) is 9.37 Å². The molecule has 1 saturated carbocycles. The summed E-state index contributed by atoms with van der Waals surface area (Å²) in [5, 5.41) is 9.33. The van der Waals surface area contributed by atoms with Crippen molar-refractivity contribution in [2.45, 2.75) is 57.4 Å². The Kier molecular flexibility index (Phi) is 4.32. The molecule has 2 unspecified atom stereocenters. The fourth-order valence-corrected chi connectivity index (χ4v) is 4.56. The second kappa shape index (κ2) is 6.86. The van der Waals surface area contributed by atoms with Crippen molar-refractivity contribution < 1.29 is 9.18 Å². The molecule has 0 bridgehead atoms. The van der Waals surface area contributed by atoms with E-state index < -0.39 is 5.82 Å². The van der Waals surface area contributed by atoms with Crippen LogP contribution in [0.4, 0.5) is 10.2 Å². The van der Waals surface area contributed by atoms with Gasteiger partial charge in [-0.15, -0.1) is 0 Å². The number of rotatable bonds is 3. The number of hydrogen-bond donors (Lipinski definition) is 4. The van der Waals surface area contributed by atoms with Crippen LogP contribution in [0, 0.1) is 5.82 Å². The molecule has 0 saturated heterocycles. The maximum atomic E-state index is 15.2. The van der Waals surface area contributed by atoms with Gasteiger partial charge in [-0.2, -0.15) is 0 Å². The van der Waals surface area contributed by atoms with E-state index in [9.17, 15) is 4.79 Å². The quantitative estimate of drug-likeness (QED) is 0.646. The Labute approximate surface area is 162 Å². The van der Waals surface area contributed by atoms with Crippen molar-refractivity contribution >= 4 is 11.7 Å². The van der Waals surface area contributed by atoms with Crippen LogP contribution >= 0.6 is 0 Å². The molecule has 2 atom stereocenters. The van der Waals surface area contributed by atoms with E-state index in [1.807, 2.05) is 12.3 Å².